The normalized spacial score (nSPS) is 15.5. The number of aromatic nitrogens is 3. The van der Waals surface area contributed by atoms with E-state index in [1.807, 2.05) is 0 Å². The molecule has 1 amide bonds. The second-order valence-corrected chi connectivity index (χ2v) is 7.70. The standard InChI is InChI=1S/C24H24FN5O4/c1-33-18-9-12-28-22(20(18)24(32)34-2)29-15-6-4-13-30(14-15)23(31)19-16(7-3-8-17(19)25)21-26-10-5-11-27-21/h3,5,7-12,15H,4,6,13-14H2,1-2H3,(H,28,29)/t15-/m1/s1. The van der Waals surface area contributed by atoms with Gasteiger partial charge in [-0.15, -0.1) is 0 Å². The molecular formula is C24H24FN5O4. The van der Waals surface area contributed by atoms with Crippen LogP contribution in [0.15, 0.2) is 48.9 Å². The molecule has 0 bridgehead atoms. The van der Waals surface area contributed by atoms with Gasteiger partial charge in [0.25, 0.3) is 5.91 Å². The van der Waals surface area contributed by atoms with Gasteiger partial charge in [0, 0.05) is 43.3 Å². The minimum Gasteiger partial charge on any atom is -0.496 e. The molecule has 10 heteroatoms. The van der Waals surface area contributed by atoms with Gasteiger partial charge in [-0.3, -0.25) is 4.79 Å². The van der Waals surface area contributed by atoms with Crippen molar-refractivity contribution in [2.24, 2.45) is 0 Å². The average Bonchev–Trinajstić information content (AvgIpc) is 2.88. The molecule has 1 saturated heterocycles. The predicted octanol–water partition coefficient (Wildman–Crippen LogP) is 3.19. The number of piperidine rings is 1. The number of amides is 1. The van der Waals surface area contributed by atoms with Crippen molar-refractivity contribution in [1.82, 2.24) is 19.9 Å². The Morgan fingerprint density at radius 2 is 1.85 bits per heavy atom. The highest BCUT2D eigenvalue weighted by atomic mass is 19.1. The van der Waals surface area contributed by atoms with Gasteiger partial charge in [0.15, 0.2) is 5.82 Å². The summed E-state index contributed by atoms with van der Waals surface area (Å²) in [6, 6.07) is 7.42. The summed E-state index contributed by atoms with van der Waals surface area (Å²) in [6.45, 7) is 0.761. The summed E-state index contributed by atoms with van der Waals surface area (Å²) in [5.74, 6) is -0.761. The number of anilines is 1. The van der Waals surface area contributed by atoms with Crippen LogP contribution in [0.5, 0.6) is 5.75 Å². The number of benzene rings is 1. The highest BCUT2D eigenvalue weighted by Crippen LogP contribution is 2.28. The fraction of sp³-hybridized carbons (Fsp3) is 0.292. The summed E-state index contributed by atoms with van der Waals surface area (Å²) in [4.78, 5) is 40.0. The molecular weight excluding hydrogens is 441 g/mol. The van der Waals surface area contributed by atoms with Gasteiger partial charge in [0.1, 0.15) is 22.9 Å². The van der Waals surface area contributed by atoms with E-state index in [1.54, 1.807) is 35.5 Å². The molecule has 1 aliphatic heterocycles. The quantitative estimate of drug-likeness (QED) is 0.553. The minimum atomic E-state index is -0.632. The lowest BCUT2D eigenvalue weighted by atomic mass is 10.0. The number of pyridine rings is 1. The predicted molar refractivity (Wildman–Crippen MR) is 122 cm³/mol. The molecule has 1 atom stereocenters. The number of carbonyl (C=O) groups is 2. The van der Waals surface area contributed by atoms with E-state index in [0.29, 0.717) is 36.6 Å². The molecule has 176 valence electrons. The molecule has 0 aliphatic carbocycles. The molecule has 0 radical (unpaired) electrons. The Morgan fingerprint density at radius 3 is 2.59 bits per heavy atom. The van der Waals surface area contributed by atoms with Crippen LogP contribution < -0.4 is 10.1 Å². The first-order valence-electron chi connectivity index (χ1n) is 10.8. The Bertz CT molecular complexity index is 1190. The van der Waals surface area contributed by atoms with E-state index in [-0.39, 0.29) is 23.0 Å². The third kappa shape index (κ3) is 4.66. The van der Waals surface area contributed by atoms with E-state index in [2.05, 4.69) is 20.3 Å². The van der Waals surface area contributed by atoms with Gasteiger partial charge in [-0.2, -0.15) is 0 Å². The molecule has 1 fully saturated rings. The molecule has 1 N–H and O–H groups in total. The number of carbonyl (C=O) groups excluding carboxylic acids is 2. The maximum absolute atomic E-state index is 14.9. The van der Waals surface area contributed by atoms with E-state index in [4.69, 9.17) is 9.47 Å². The minimum absolute atomic E-state index is 0.0656. The molecule has 0 spiro atoms. The van der Waals surface area contributed by atoms with Crippen LogP contribution in [0.2, 0.25) is 0 Å². The van der Waals surface area contributed by atoms with Crippen LogP contribution in [0.25, 0.3) is 11.4 Å². The lowest BCUT2D eigenvalue weighted by Gasteiger charge is -2.34. The van der Waals surface area contributed by atoms with Crippen LogP contribution in [0.3, 0.4) is 0 Å². The van der Waals surface area contributed by atoms with Crippen molar-refractivity contribution in [3.63, 3.8) is 0 Å². The number of nitrogens with one attached hydrogen (secondary N) is 1. The number of nitrogens with zero attached hydrogens (tertiary/aromatic N) is 4. The molecule has 3 aromatic rings. The Hall–Kier alpha value is -4.08. The van der Waals surface area contributed by atoms with Gasteiger partial charge in [-0.05, 0) is 31.0 Å². The number of methoxy groups -OCH3 is 2. The monoisotopic (exact) mass is 465 g/mol. The van der Waals surface area contributed by atoms with Gasteiger partial charge in [0.05, 0.1) is 19.8 Å². The smallest absolute Gasteiger partial charge is 0.345 e. The maximum atomic E-state index is 14.9. The van der Waals surface area contributed by atoms with E-state index in [0.717, 1.165) is 6.42 Å². The Balaban J connectivity index is 1.59. The van der Waals surface area contributed by atoms with Gasteiger partial charge >= 0.3 is 5.97 Å². The summed E-state index contributed by atoms with van der Waals surface area (Å²) in [5.41, 5.74) is 0.445. The second kappa shape index (κ2) is 10.2. The molecule has 0 saturated carbocycles. The summed E-state index contributed by atoms with van der Waals surface area (Å²) in [7, 11) is 2.73. The van der Waals surface area contributed by atoms with Crippen molar-refractivity contribution in [1.29, 1.82) is 0 Å². The summed E-state index contributed by atoms with van der Waals surface area (Å²) < 4.78 is 25.0. The Morgan fingerprint density at radius 1 is 1.06 bits per heavy atom. The SMILES string of the molecule is COC(=O)c1c(OC)ccnc1N[C@@H]1CCCN(C(=O)c2c(F)cccc2-c2ncccn2)C1. The second-order valence-electron chi connectivity index (χ2n) is 7.70. The third-order valence-corrected chi connectivity index (χ3v) is 5.61. The third-order valence-electron chi connectivity index (χ3n) is 5.61. The Kier molecular flexibility index (Phi) is 6.95. The van der Waals surface area contributed by atoms with Crippen molar-refractivity contribution in [2.75, 3.05) is 32.6 Å². The van der Waals surface area contributed by atoms with Gasteiger partial charge in [-0.25, -0.2) is 24.1 Å². The molecule has 0 unspecified atom stereocenters. The highest BCUT2D eigenvalue weighted by Gasteiger charge is 2.30. The zero-order chi connectivity index (χ0) is 24.1. The number of hydrogen-bond donors (Lipinski definition) is 1. The number of likely N-dealkylation sites (tertiary alicyclic amines) is 1. The lowest BCUT2D eigenvalue weighted by molar-refractivity contribution is 0.0596. The number of rotatable bonds is 6. The molecule has 4 rings (SSSR count). The molecule has 2 aromatic heterocycles. The first-order chi connectivity index (χ1) is 16.5. The highest BCUT2D eigenvalue weighted by molar-refractivity contribution is 6.00. The fourth-order valence-corrected chi connectivity index (χ4v) is 4.02. The van der Waals surface area contributed by atoms with Crippen LogP contribution in [-0.4, -0.2) is 65.1 Å². The summed E-state index contributed by atoms with van der Waals surface area (Å²) in [6.07, 6.45) is 6.03. The maximum Gasteiger partial charge on any atom is 0.345 e. The van der Waals surface area contributed by atoms with E-state index < -0.39 is 17.7 Å². The molecule has 34 heavy (non-hydrogen) atoms. The zero-order valence-corrected chi connectivity index (χ0v) is 18.8. The number of esters is 1. The lowest BCUT2D eigenvalue weighted by Crippen LogP contribution is -2.45. The first-order valence-corrected chi connectivity index (χ1v) is 10.8. The zero-order valence-electron chi connectivity index (χ0n) is 18.8. The van der Waals surface area contributed by atoms with Gasteiger partial charge < -0.3 is 19.7 Å². The number of halogens is 1. The average molecular weight is 465 g/mol. The van der Waals surface area contributed by atoms with Crippen LogP contribution in [-0.2, 0) is 4.74 Å². The van der Waals surface area contributed by atoms with Crippen molar-refractivity contribution < 1.29 is 23.5 Å². The fourth-order valence-electron chi connectivity index (χ4n) is 4.02. The molecule has 1 aromatic carbocycles. The van der Waals surface area contributed by atoms with Crippen molar-refractivity contribution in [3.05, 3.63) is 65.9 Å². The van der Waals surface area contributed by atoms with Crippen molar-refractivity contribution in [3.8, 4) is 17.1 Å². The van der Waals surface area contributed by atoms with Gasteiger partial charge in [-0.1, -0.05) is 12.1 Å². The number of hydrogen-bond acceptors (Lipinski definition) is 8. The van der Waals surface area contributed by atoms with Crippen LogP contribution in [0.4, 0.5) is 10.2 Å². The molecule has 1 aliphatic rings. The van der Waals surface area contributed by atoms with E-state index >= 15 is 0 Å². The van der Waals surface area contributed by atoms with Gasteiger partial charge in [0.2, 0.25) is 0 Å². The number of ether oxygens (including phenoxy) is 2. The topological polar surface area (TPSA) is 107 Å². The molecule has 9 nitrogen and oxygen atoms in total. The first kappa shape index (κ1) is 23.1. The largest absolute Gasteiger partial charge is 0.496 e. The Labute approximate surface area is 196 Å². The summed E-state index contributed by atoms with van der Waals surface area (Å²) >= 11 is 0. The summed E-state index contributed by atoms with van der Waals surface area (Å²) in [5, 5.41) is 3.23. The van der Waals surface area contributed by atoms with E-state index in [1.165, 1.54) is 32.5 Å². The van der Waals surface area contributed by atoms with Crippen LogP contribution in [0, 0.1) is 5.82 Å². The van der Waals surface area contributed by atoms with Crippen LogP contribution in [0.1, 0.15) is 33.6 Å². The van der Waals surface area contributed by atoms with Crippen molar-refractivity contribution >= 4 is 17.7 Å². The van der Waals surface area contributed by atoms with Crippen LogP contribution >= 0.6 is 0 Å². The van der Waals surface area contributed by atoms with Crippen molar-refractivity contribution in [2.45, 2.75) is 18.9 Å². The molecule has 3 heterocycles. The van der Waals surface area contributed by atoms with E-state index in [9.17, 15) is 14.0 Å².